The number of ether oxygens (including phenoxy) is 3. The molecule has 31 heavy (non-hydrogen) atoms. The van der Waals surface area contributed by atoms with Gasteiger partial charge in [-0.15, -0.1) is 6.58 Å². The van der Waals surface area contributed by atoms with Crippen LogP contribution in [0.15, 0.2) is 61.7 Å². The molecule has 3 atom stereocenters. The number of nitrogens with zero attached hydrogens (tertiary/aromatic N) is 1. The van der Waals surface area contributed by atoms with Gasteiger partial charge in [-0.05, 0) is 35.2 Å². The van der Waals surface area contributed by atoms with Crippen molar-refractivity contribution in [2.75, 3.05) is 13.4 Å². The summed E-state index contributed by atoms with van der Waals surface area (Å²) in [5.74, 6) is -0.627. The normalized spacial score (nSPS) is 18.9. The van der Waals surface area contributed by atoms with E-state index in [9.17, 15) is 14.7 Å². The van der Waals surface area contributed by atoms with Gasteiger partial charge in [-0.2, -0.15) is 0 Å². The van der Waals surface area contributed by atoms with Crippen molar-refractivity contribution in [2.45, 2.75) is 18.6 Å². The Hall–Kier alpha value is -3.58. The second-order valence-corrected chi connectivity index (χ2v) is 7.37. The number of cyclic esters (lactones) is 1. The van der Waals surface area contributed by atoms with Crippen molar-refractivity contribution in [3.63, 3.8) is 0 Å². The predicted molar refractivity (Wildman–Crippen MR) is 113 cm³/mol. The highest BCUT2D eigenvalue weighted by Gasteiger charge is 2.42. The number of carbonyl (C=O) groups excluding carboxylic acids is 2. The van der Waals surface area contributed by atoms with E-state index in [4.69, 9.17) is 14.2 Å². The Balaban J connectivity index is 1.60. The summed E-state index contributed by atoms with van der Waals surface area (Å²) in [7, 11) is 0. The molecular weight excluding hydrogens is 398 g/mol. The van der Waals surface area contributed by atoms with E-state index in [0.29, 0.717) is 29.0 Å². The molecule has 0 aliphatic carbocycles. The second kappa shape index (κ2) is 8.65. The van der Waals surface area contributed by atoms with Gasteiger partial charge in [-0.25, -0.2) is 9.69 Å². The Morgan fingerprint density at radius 2 is 1.87 bits per heavy atom. The summed E-state index contributed by atoms with van der Waals surface area (Å²) in [4.78, 5) is 26.8. The molecule has 0 radical (unpaired) electrons. The van der Waals surface area contributed by atoms with Gasteiger partial charge in [0.05, 0.1) is 18.1 Å². The Bertz CT molecular complexity index is 1020. The fraction of sp³-hybridized carbons (Fsp3) is 0.250. The Morgan fingerprint density at radius 3 is 2.55 bits per heavy atom. The Morgan fingerprint density at radius 1 is 1.16 bits per heavy atom. The molecule has 2 amide bonds. The van der Waals surface area contributed by atoms with Crippen LogP contribution in [0.2, 0.25) is 0 Å². The van der Waals surface area contributed by atoms with Crippen LogP contribution >= 0.6 is 0 Å². The lowest BCUT2D eigenvalue weighted by Crippen LogP contribution is -2.44. The summed E-state index contributed by atoms with van der Waals surface area (Å²) in [6.45, 7) is 7.67. The topological polar surface area (TPSA) is 85.3 Å². The van der Waals surface area contributed by atoms with Crippen molar-refractivity contribution >= 4 is 18.1 Å². The lowest BCUT2D eigenvalue weighted by atomic mass is 9.90. The molecule has 160 valence electrons. The highest BCUT2D eigenvalue weighted by atomic mass is 16.7. The van der Waals surface area contributed by atoms with Crippen LogP contribution in [0.4, 0.5) is 4.79 Å². The fourth-order valence-electron chi connectivity index (χ4n) is 3.89. The van der Waals surface area contributed by atoms with Gasteiger partial charge < -0.3 is 19.3 Å². The number of hydrogen-bond acceptors (Lipinski definition) is 6. The molecule has 2 aromatic carbocycles. The van der Waals surface area contributed by atoms with Gasteiger partial charge in [0.1, 0.15) is 6.61 Å². The van der Waals surface area contributed by atoms with E-state index in [2.05, 4.69) is 13.2 Å². The molecule has 0 bridgehead atoms. The molecule has 7 heteroatoms. The summed E-state index contributed by atoms with van der Waals surface area (Å²) in [5.41, 5.74) is 2.01. The summed E-state index contributed by atoms with van der Waals surface area (Å²) in [6.07, 6.45) is 1.38. The minimum Gasteiger partial charge on any atom is -0.454 e. The van der Waals surface area contributed by atoms with E-state index in [-0.39, 0.29) is 13.4 Å². The summed E-state index contributed by atoms with van der Waals surface area (Å²) in [6, 6.07) is 12.4. The molecule has 2 aliphatic rings. The Kier molecular flexibility index (Phi) is 5.77. The van der Waals surface area contributed by atoms with Crippen molar-refractivity contribution in [2.24, 2.45) is 5.92 Å². The Labute approximate surface area is 180 Å². The van der Waals surface area contributed by atoms with Gasteiger partial charge in [0.25, 0.3) is 0 Å². The van der Waals surface area contributed by atoms with Gasteiger partial charge in [0.15, 0.2) is 11.5 Å². The molecule has 1 fully saturated rings. The summed E-state index contributed by atoms with van der Waals surface area (Å²) in [5, 5.41) is 11.1. The van der Waals surface area contributed by atoms with Gasteiger partial charge in [0, 0.05) is 0 Å². The number of aliphatic hydroxyl groups excluding tert-OH is 1. The molecule has 0 aromatic heterocycles. The van der Waals surface area contributed by atoms with Gasteiger partial charge >= 0.3 is 6.09 Å². The zero-order valence-electron chi connectivity index (χ0n) is 16.9. The fourth-order valence-corrected chi connectivity index (χ4v) is 3.89. The van der Waals surface area contributed by atoms with Crippen LogP contribution in [0.25, 0.3) is 6.08 Å². The van der Waals surface area contributed by atoms with Crippen LogP contribution in [0.1, 0.15) is 22.8 Å². The zero-order valence-corrected chi connectivity index (χ0v) is 16.9. The molecule has 2 aliphatic heterocycles. The first-order chi connectivity index (χ1) is 15.0. The van der Waals surface area contributed by atoms with E-state index in [0.717, 1.165) is 10.5 Å². The third-order valence-corrected chi connectivity index (χ3v) is 5.51. The number of aliphatic hydroxyl groups is 1. The molecule has 0 unspecified atom stereocenters. The standard InChI is InChI=1S/C24H23NO6/c1-3-16-11-20-21(31-14-30-20)12-19(16)22(26)18(4-2)23(27)25-17(13-29-24(25)28)10-15-8-6-5-7-9-15/h3-9,11-12,17-18,22,26H,1-2,10,13-14H2/t17-,18-,22-/m0/s1. The van der Waals surface area contributed by atoms with Crippen molar-refractivity contribution in [3.8, 4) is 11.5 Å². The number of carbonyl (C=O) groups is 2. The van der Waals surface area contributed by atoms with Crippen LogP contribution in [0.5, 0.6) is 11.5 Å². The molecule has 0 saturated carbocycles. The van der Waals surface area contributed by atoms with E-state index in [1.54, 1.807) is 18.2 Å². The lowest BCUT2D eigenvalue weighted by Gasteiger charge is -2.27. The van der Waals surface area contributed by atoms with Gasteiger partial charge in [-0.3, -0.25) is 4.79 Å². The van der Waals surface area contributed by atoms with Crippen LogP contribution < -0.4 is 9.47 Å². The number of fused-ring (bicyclic) bond motifs is 1. The monoisotopic (exact) mass is 421 g/mol. The van der Waals surface area contributed by atoms with Crippen LogP contribution in [-0.4, -0.2) is 41.4 Å². The number of imide groups is 1. The maximum absolute atomic E-state index is 13.3. The van der Waals surface area contributed by atoms with E-state index < -0.39 is 30.1 Å². The first-order valence-electron chi connectivity index (χ1n) is 9.93. The average Bonchev–Trinajstić information content (AvgIpc) is 3.39. The number of amides is 2. The highest BCUT2D eigenvalue weighted by molar-refractivity contribution is 5.96. The SMILES string of the molecule is C=Cc1cc2c(cc1[C@@H](O)[C@H](C=C)C(=O)N1C(=O)OC[C@@H]1Cc1ccccc1)OCO2. The molecule has 2 aromatic rings. The van der Waals surface area contributed by atoms with E-state index in [1.165, 1.54) is 6.08 Å². The summed E-state index contributed by atoms with van der Waals surface area (Å²) >= 11 is 0. The van der Waals surface area contributed by atoms with Crippen molar-refractivity contribution in [1.29, 1.82) is 0 Å². The highest BCUT2D eigenvalue weighted by Crippen LogP contribution is 2.39. The minimum absolute atomic E-state index is 0.0794. The van der Waals surface area contributed by atoms with E-state index in [1.807, 2.05) is 30.3 Å². The number of hydrogen-bond donors (Lipinski definition) is 1. The number of rotatable bonds is 7. The lowest BCUT2D eigenvalue weighted by molar-refractivity contribution is -0.135. The van der Waals surface area contributed by atoms with Crippen molar-refractivity contribution in [1.82, 2.24) is 4.90 Å². The summed E-state index contributed by atoms with van der Waals surface area (Å²) < 4.78 is 15.9. The smallest absolute Gasteiger partial charge is 0.417 e. The minimum atomic E-state index is -1.27. The molecule has 0 spiro atoms. The van der Waals surface area contributed by atoms with Crippen molar-refractivity contribution < 1.29 is 28.9 Å². The molecule has 1 N–H and O–H groups in total. The molecular formula is C24H23NO6. The second-order valence-electron chi connectivity index (χ2n) is 7.37. The first kappa shape index (κ1) is 20.7. The maximum Gasteiger partial charge on any atom is 0.417 e. The van der Waals surface area contributed by atoms with Gasteiger partial charge in [0.2, 0.25) is 12.7 Å². The van der Waals surface area contributed by atoms with Crippen LogP contribution in [0.3, 0.4) is 0 Å². The largest absolute Gasteiger partial charge is 0.454 e. The third-order valence-electron chi connectivity index (χ3n) is 5.51. The quantitative estimate of drug-likeness (QED) is 0.689. The third kappa shape index (κ3) is 3.92. The predicted octanol–water partition coefficient (Wildman–Crippen LogP) is 3.48. The average molecular weight is 421 g/mol. The molecule has 1 saturated heterocycles. The van der Waals surface area contributed by atoms with Crippen LogP contribution in [0, 0.1) is 5.92 Å². The van der Waals surface area contributed by atoms with Gasteiger partial charge in [-0.1, -0.05) is 49.1 Å². The molecule has 4 rings (SSSR count). The number of benzene rings is 2. The van der Waals surface area contributed by atoms with Crippen LogP contribution in [-0.2, 0) is 16.0 Å². The first-order valence-corrected chi connectivity index (χ1v) is 9.93. The van der Waals surface area contributed by atoms with Crippen molar-refractivity contribution in [3.05, 3.63) is 78.4 Å². The van der Waals surface area contributed by atoms with E-state index >= 15 is 0 Å². The zero-order chi connectivity index (χ0) is 22.0. The molecule has 2 heterocycles. The molecule has 7 nitrogen and oxygen atoms in total. The maximum atomic E-state index is 13.3.